The third kappa shape index (κ3) is 5.67. The van der Waals surface area contributed by atoms with E-state index in [1.165, 1.54) is 35.6 Å². The highest BCUT2D eigenvalue weighted by atomic mass is 35.5. The van der Waals surface area contributed by atoms with Gasteiger partial charge in [0.2, 0.25) is 0 Å². The van der Waals surface area contributed by atoms with E-state index in [0.29, 0.717) is 26.9 Å². The Labute approximate surface area is 194 Å². The first-order valence-electron chi connectivity index (χ1n) is 9.47. The third-order valence-corrected chi connectivity index (χ3v) is 6.66. The van der Waals surface area contributed by atoms with Gasteiger partial charge >= 0.3 is 5.97 Å². The van der Waals surface area contributed by atoms with Crippen molar-refractivity contribution in [1.29, 1.82) is 0 Å². The fraction of sp³-hybridized carbons (Fsp3) is 0.182. The number of rotatable bonds is 8. The monoisotopic (exact) mass is 493 g/mol. The van der Waals surface area contributed by atoms with Gasteiger partial charge in [0.05, 0.1) is 11.5 Å². The first-order valence-corrected chi connectivity index (χ1v) is 12.6. The van der Waals surface area contributed by atoms with Crippen molar-refractivity contribution in [2.45, 2.75) is 11.8 Å². The number of thiophene rings is 1. The van der Waals surface area contributed by atoms with Crippen LogP contribution in [0.1, 0.15) is 17.3 Å². The summed E-state index contributed by atoms with van der Waals surface area (Å²) in [6.07, 6.45) is 1.11. The smallest absolute Gasteiger partial charge is 0.341 e. The van der Waals surface area contributed by atoms with Crippen LogP contribution in [0.4, 0.5) is 5.00 Å². The maximum absolute atomic E-state index is 12.6. The van der Waals surface area contributed by atoms with Gasteiger partial charge in [0.1, 0.15) is 16.3 Å². The molecule has 2 aromatic carbocycles. The quantitative estimate of drug-likeness (QED) is 0.458. The van der Waals surface area contributed by atoms with Gasteiger partial charge in [0.25, 0.3) is 5.91 Å². The molecule has 0 spiro atoms. The number of benzene rings is 2. The molecule has 1 aromatic heterocycles. The van der Waals surface area contributed by atoms with Crippen molar-refractivity contribution in [3.63, 3.8) is 0 Å². The molecule has 0 saturated carbocycles. The fourth-order valence-corrected chi connectivity index (χ4v) is 4.66. The maximum atomic E-state index is 12.6. The van der Waals surface area contributed by atoms with Crippen LogP contribution in [0.25, 0.3) is 11.1 Å². The lowest BCUT2D eigenvalue weighted by molar-refractivity contribution is -0.118. The number of esters is 1. The van der Waals surface area contributed by atoms with Gasteiger partial charge in [0, 0.05) is 27.8 Å². The van der Waals surface area contributed by atoms with Crippen LogP contribution in [0.5, 0.6) is 5.75 Å². The molecule has 0 aliphatic carbocycles. The summed E-state index contributed by atoms with van der Waals surface area (Å²) >= 11 is 7.47. The van der Waals surface area contributed by atoms with Crippen LogP contribution >= 0.6 is 22.9 Å². The Morgan fingerprint density at radius 1 is 1.06 bits per heavy atom. The molecule has 0 fully saturated rings. The highest BCUT2D eigenvalue weighted by Gasteiger charge is 2.24. The minimum atomic E-state index is -3.32. The van der Waals surface area contributed by atoms with Crippen molar-refractivity contribution in [2.24, 2.45) is 0 Å². The number of hydrogen-bond acceptors (Lipinski definition) is 7. The average molecular weight is 494 g/mol. The molecule has 3 rings (SSSR count). The molecule has 32 heavy (non-hydrogen) atoms. The van der Waals surface area contributed by atoms with E-state index in [-0.39, 0.29) is 23.7 Å². The zero-order chi connectivity index (χ0) is 23.3. The topological polar surface area (TPSA) is 98.8 Å². The van der Waals surface area contributed by atoms with Crippen LogP contribution in [0.2, 0.25) is 5.02 Å². The molecule has 10 heteroatoms. The molecule has 0 aliphatic heterocycles. The Kier molecular flexibility index (Phi) is 7.55. The Hall–Kier alpha value is -2.88. The number of nitrogens with one attached hydrogen (secondary N) is 1. The molecule has 168 valence electrons. The molecule has 0 radical (unpaired) electrons. The van der Waals surface area contributed by atoms with E-state index in [4.69, 9.17) is 21.1 Å². The van der Waals surface area contributed by atoms with Crippen LogP contribution in [-0.2, 0) is 19.4 Å². The molecular formula is C22H20ClNO6S2. The van der Waals surface area contributed by atoms with Gasteiger partial charge in [-0.15, -0.1) is 11.3 Å². The molecule has 1 N–H and O–H groups in total. The van der Waals surface area contributed by atoms with Gasteiger partial charge in [-0.2, -0.15) is 0 Å². The molecule has 7 nitrogen and oxygen atoms in total. The number of carbonyl (C=O) groups excluding carboxylic acids is 2. The van der Waals surface area contributed by atoms with E-state index in [1.54, 1.807) is 36.6 Å². The zero-order valence-electron chi connectivity index (χ0n) is 17.3. The minimum absolute atomic E-state index is 0.152. The molecule has 0 saturated heterocycles. The van der Waals surface area contributed by atoms with Crippen molar-refractivity contribution >= 4 is 49.7 Å². The van der Waals surface area contributed by atoms with Gasteiger partial charge in [-0.25, -0.2) is 13.2 Å². The second kappa shape index (κ2) is 10.2. The summed E-state index contributed by atoms with van der Waals surface area (Å²) in [5.41, 5.74) is 1.43. The van der Waals surface area contributed by atoms with Gasteiger partial charge in [0.15, 0.2) is 16.4 Å². The van der Waals surface area contributed by atoms with E-state index in [2.05, 4.69) is 5.32 Å². The normalized spacial score (nSPS) is 11.1. The first-order chi connectivity index (χ1) is 15.2. The highest BCUT2D eigenvalue weighted by Crippen LogP contribution is 2.39. The van der Waals surface area contributed by atoms with Crippen LogP contribution in [0.3, 0.4) is 0 Å². The van der Waals surface area contributed by atoms with Crippen molar-refractivity contribution in [1.82, 2.24) is 0 Å². The molecule has 1 amide bonds. The van der Waals surface area contributed by atoms with Crippen LogP contribution in [0, 0.1) is 0 Å². The average Bonchev–Trinajstić information content (AvgIpc) is 3.15. The summed E-state index contributed by atoms with van der Waals surface area (Å²) in [5.74, 6) is -0.729. The summed E-state index contributed by atoms with van der Waals surface area (Å²) in [6, 6.07) is 12.8. The minimum Gasteiger partial charge on any atom is -0.484 e. The molecule has 3 aromatic rings. The molecule has 1 heterocycles. The summed E-state index contributed by atoms with van der Waals surface area (Å²) in [6.45, 7) is 1.54. The molecule has 0 aliphatic rings. The molecule has 0 atom stereocenters. The van der Waals surface area contributed by atoms with Gasteiger partial charge in [-0.3, -0.25) is 4.79 Å². The number of sulfone groups is 1. The van der Waals surface area contributed by atoms with Crippen LogP contribution in [0.15, 0.2) is 58.8 Å². The Bertz CT molecular complexity index is 1240. The van der Waals surface area contributed by atoms with Gasteiger partial charge in [-0.1, -0.05) is 29.8 Å². The van der Waals surface area contributed by atoms with E-state index in [0.717, 1.165) is 6.26 Å². The van der Waals surface area contributed by atoms with E-state index in [9.17, 15) is 18.0 Å². The Morgan fingerprint density at radius 3 is 2.38 bits per heavy atom. The van der Waals surface area contributed by atoms with Crippen LogP contribution < -0.4 is 10.1 Å². The molecular weight excluding hydrogens is 474 g/mol. The Balaban J connectivity index is 1.77. The molecule has 0 unspecified atom stereocenters. The zero-order valence-corrected chi connectivity index (χ0v) is 19.6. The number of carbonyl (C=O) groups is 2. The van der Waals surface area contributed by atoms with E-state index >= 15 is 0 Å². The number of anilines is 1. The van der Waals surface area contributed by atoms with E-state index < -0.39 is 21.7 Å². The van der Waals surface area contributed by atoms with E-state index in [1.807, 2.05) is 0 Å². The summed E-state index contributed by atoms with van der Waals surface area (Å²) in [5, 5.41) is 5.20. The largest absolute Gasteiger partial charge is 0.484 e. The number of ether oxygens (including phenoxy) is 2. The van der Waals surface area contributed by atoms with Crippen LogP contribution in [-0.4, -0.2) is 39.8 Å². The van der Waals surface area contributed by atoms with Crippen molar-refractivity contribution in [3.05, 3.63) is 64.5 Å². The lowest BCUT2D eigenvalue weighted by Gasteiger charge is -2.10. The second-order valence-corrected chi connectivity index (χ2v) is 9.94. The second-order valence-electron chi connectivity index (χ2n) is 6.63. The number of amides is 1. The predicted octanol–water partition coefficient (Wildman–Crippen LogP) is 4.67. The number of hydrogen-bond donors (Lipinski definition) is 1. The van der Waals surface area contributed by atoms with Crippen molar-refractivity contribution in [2.75, 3.05) is 24.8 Å². The Morgan fingerprint density at radius 2 is 1.75 bits per heavy atom. The number of halogens is 1. The standard InChI is InChI=1S/C22H20ClNO6S2/c1-3-29-22(26)20-17(16-6-4-5-7-18(16)23)13-31-21(20)24-19(25)12-30-14-8-10-15(11-9-14)32(2,27)28/h4-11,13H,3,12H2,1-2H3,(H,24,25). The lowest BCUT2D eigenvalue weighted by atomic mass is 10.0. The SMILES string of the molecule is CCOC(=O)c1c(-c2ccccc2Cl)csc1NC(=O)COc1ccc(S(C)(=O)=O)cc1. The fourth-order valence-electron chi connectivity index (χ4n) is 2.83. The van der Waals surface area contributed by atoms with Crippen molar-refractivity contribution in [3.8, 4) is 16.9 Å². The summed E-state index contributed by atoms with van der Waals surface area (Å²) < 4.78 is 33.6. The van der Waals surface area contributed by atoms with Crippen molar-refractivity contribution < 1.29 is 27.5 Å². The summed E-state index contributed by atoms with van der Waals surface area (Å²) in [7, 11) is -3.32. The lowest BCUT2D eigenvalue weighted by Crippen LogP contribution is -2.21. The maximum Gasteiger partial charge on any atom is 0.341 e. The third-order valence-electron chi connectivity index (χ3n) is 4.31. The van der Waals surface area contributed by atoms with Gasteiger partial charge < -0.3 is 14.8 Å². The summed E-state index contributed by atoms with van der Waals surface area (Å²) in [4.78, 5) is 25.2. The first kappa shape index (κ1) is 23.8. The highest BCUT2D eigenvalue weighted by molar-refractivity contribution is 7.90. The van der Waals surface area contributed by atoms with Gasteiger partial charge in [-0.05, 0) is 37.3 Å². The predicted molar refractivity (Wildman–Crippen MR) is 124 cm³/mol. The molecule has 0 bridgehead atoms.